The van der Waals surface area contributed by atoms with Gasteiger partial charge in [-0.1, -0.05) is 20.8 Å². The molecule has 0 heterocycles. The molecule has 5 heteroatoms. The molecular weight excluding hydrogens is 198 g/mol. The Bertz CT molecular complexity index is 232. The van der Waals surface area contributed by atoms with Gasteiger partial charge in [0.1, 0.15) is 0 Å². The molecule has 0 saturated heterocycles. The molecule has 0 aromatic carbocycles. The highest BCUT2D eigenvalue weighted by molar-refractivity contribution is 5.82. The minimum atomic E-state index is -0.945. The second-order valence-corrected chi connectivity index (χ2v) is 4.41. The Kier molecular flexibility index (Phi) is 5.28. The molecule has 0 spiro atoms. The van der Waals surface area contributed by atoms with Gasteiger partial charge in [-0.15, -0.1) is 0 Å². The molecule has 0 aliphatic rings. The molecule has 0 radical (unpaired) electrons. The Hall–Kier alpha value is -1.10. The molecule has 0 aromatic rings. The second-order valence-electron chi connectivity index (χ2n) is 4.41. The molecule has 15 heavy (non-hydrogen) atoms. The van der Waals surface area contributed by atoms with Gasteiger partial charge in [0, 0.05) is 18.5 Å². The highest BCUT2D eigenvalue weighted by Gasteiger charge is 2.26. The van der Waals surface area contributed by atoms with E-state index in [1.807, 2.05) is 0 Å². The third kappa shape index (κ3) is 5.37. The fraction of sp³-hybridized carbons (Fsp3) is 0.800. The van der Waals surface area contributed by atoms with Gasteiger partial charge in [-0.25, -0.2) is 0 Å². The summed E-state index contributed by atoms with van der Waals surface area (Å²) in [6, 6.07) is 0. The van der Waals surface area contributed by atoms with Gasteiger partial charge in [0.05, 0.1) is 13.0 Å². The standard InChI is InChI=1S/C10H19NO4/c1-10(2,3)9(15)11(6-7-12)5-4-8(13)14/h12H,4-7H2,1-3H3,(H,13,14). The zero-order valence-corrected chi connectivity index (χ0v) is 9.49. The Morgan fingerprint density at radius 3 is 2.07 bits per heavy atom. The third-order valence-electron chi connectivity index (χ3n) is 1.89. The molecule has 0 bridgehead atoms. The number of hydrogen-bond donors (Lipinski definition) is 2. The van der Waals surface area contributed by atoms with E-state index in [1.54, 1.807) is 20.8 Å². The van der Waals surface area contributed by atoms with Gasteiger partial charge in [0.2, 0.25) is 5.91 Å². The van der Waals surface area contributed by atoms with Gasteiger partial charge >= 0.3 is 5.97 Å². The highest BCUT2D eigenvalue weighted by atomic mass is 16.4. The van der Waals surface area contributed by atoms with Crippen LogP contribution in [0.5, 0.6) is 0 Å². The Morgan fingerprint density at radius 2 is 1.73 bits per heavy atom. The van der Waals surface area contributed by atoms with E-state index in [1.165, 1.54) is 4.90 Å². The van der Waals surface area contributed by atoms with Crippen molar-refractivity contribution in [1.29, 1.82) is 0 Å². The van der Waals surface area contributed by atoms with Crippen molar-refractivity contribution in [3.63, 3.8) is 0 Å². The fourth-order valence-electron chi connectivity index (χ4n) is 1.14. The van der Waals surface area contributed by atoms with Gasteiger partial charge in [-0.05, 0) is 0 Å². The van der Waals surface area contributed by atoms with Crippen LogP contribution >= 0.6 is 0 Å². The van der Waals surface area contributed by atoms with E-state index in [0.29, 0.717) is 0 Å². The topological polar surface area (TPSA) is 77.8 Å². The van der Waals surface area contributed by atoms with Crippen molar-refractivity contribution in [2.45, 2.75) is 27.2 Å². The smallest absolute Gasteiger partial charge is 0.305 e. The SMILES string of the molecule is CC(C)(C)C(=O)N(CCO)CCC(=O)O. The Labute approximate surface area is 89.7 Å². The van der Waals surface area contributed by atoms with Crippen molar-refractivity contribution in [1.82, 2.24) is 4.90 Å². The first-order valence-corrected chi connectivity index (χ1v) is 4.91. The zero-order valence-electron chi connectivity index (χ0n) is 9.49. The van der Waals surface area contributed by atoms with Gasteiger partial charge < -0.3 is 15.1 Å². The molecule has 0 aromatic heterocycles. The first kappa shape index (κ1) is 13.9. The van der Waals surface area contributed by atoms with Gasteiger partial charge in [-0.3, -0.25) is 9.59 Å². The highest BCUT2D eigenvalue weighted by Crippen LogP contribution is 2.17. The molecule has 5 nitrogen and oxygen atoms in total. The Balaban J connectivity index is 4.38. The number of aliphatic hydroxyl groups is 1. The summed E-state index contributed by atoms with van der Waals surface area (Å²) < 4.78 is 0. The summed E-state index contributed by atoms with van der Waals surface area (Å²) in [7, 11) is 0. The normalized spacial score (nSPS) is 11.2. The molecule has 0 rings (SSSR count). The van der Waals surface area contributed by atoms with E-state index in [0.717, 1.165) is 0 Å². The fourth-order valence-corrected chi connectivity index (χ4v) is 1.14. The number of carbonyl (C=O) groups excluding carboxylic acids is 1. The average Bonchev–Trinajstić information content (AvgIpc) is 2.09. The minimum absolute atomic E-state index is 0.0954. The third-order valence-corrected chi connectivity index (χ3v) is 1.89. The quantitative estimate of drug-likeness (QED) is 0.695. The maximum absolute atomic E-state index is 11.8. The predicted molar refractivity (Wildman–Crippen MR) is 55.4 cm³/mol. The molecule has 0 unspecified atom stereocenters. The van der Waals surface area contributed by atoms with Gasteiger partial charge in [-0.2, -0.15) is 0 Å². The van der Waals surface area contributed by atoms with Crippen LogP contribution in [0, 0.1) is 5.41 Å². The van der Waals surface area contributed by atoms with E-state index in [-0.39, 0.29) is 32.0 Å². The lowest BCUT2D eigenvalue weighted by atomic mass is 9.94. The number of rotatable bonds is 5. The predicted octanol–water partition coefficient (Wildman–Crippen LogP) is 0.328. The summed E-state index contributed by atoms with van der Waals surface area (Å²) in [5.74, 6) is -1.09. The van der Waals surface area contributed by atoms with Crippen molar-refractivity contribution in [2.75, 3.05) is 19.7 Å². The molecule has 0 atom stereocenters. The summed E-state index contributed by atoms with van der Waals surface area (Å²) in [5, 5.41) is 17.3. The first-order chi connectivity index (χ1) is 6.79. The van der Waals surface area contributed by atoms with Crippen LogP contribution in [0.1, 0.15) is 27.2 Å². The zero-order chi connectivity index (χ0) is 12.1. The molecule has 0 aliphatic heterocycles. The maximum atomic E-state index is 11.8. The first-order valence-electron chi connectivity index (χ1n) is 4.91. The van der Waals surface area contributed by atoms with Gasteiger partial charge in [0.25, 0.3) is 0 Å². The lowest BCUT2D eigenvalue weighted by molar-refractivity contribution is -0.142. The molecule has 0 aliphatic carbocycles. The number of aliphatic hydroxyl groups excluding tert-OH is 1. The summed E-state index contributed by atoms with van der Waals surface area (Å²) in [4.78, 5) is 23.6. The van der Waals surface area contributed by atoms with E-state index >= 15 is 0 Å². The molecule has 88 valence electrons. The number of carboxylic acid groups (broad SMARTS) is 1. The summed E-state index contributed by atoms with van der Waals surface area (Å²) in [6.07, 6.45) is -0.0954. The number of amides is 1. The van der Waals surface area contributed by atoms with Crippen molar-refractivity contribution >= 4 is 11.9 Å². The summed E-state index contributed by atoms with van der Waals surface area (Å²) >= 11 is 0. The maximum Gasteiger partial charge on any atom is 0.305 e. The van der Waals surface area contributed by atoms with Crippen molar-refractivity contribution in [3.05, 3.63) is 0 Å². The van der Waals surface area contributed by atoms with Crippen LogP contribution in [0.4, 0.5) is 0 Å². The molecule has 0 fully saturated rings. The molecule has 2 N–H and O–H groups in total. The van der Waals surface area contributed by atoms with Crippen LogP contribution in [-0.4, -0.2) is 46.7 Å². The van der Waals surface area contributed by atoms with E-state index in [4.69, 9.17) is 10.2 Å². The van der Waals surface area contributed by atoms with Crippen molar-refractivity contribution in [2.24, 2.45) is 5.41 Å². The van der Waals surface area contributed by atoms with Crippen LogP contribution in [0.15, 0.2) is 0 Å². The van der Waals surface area contributed by atoms with Crippen LogP contribution in [-0.2, 0) is 9.59 Å². The number of nitrogens with zero attached hydrogens (tertiary/aromatic N) is 1. The molecule has 1 amide bonds. The number of aliphatic carboxylic acids is 1. The van der Waals surface area contributed by atoms with E-state index < -0.39 is 11.4 Å². The van der Waals surface area contributed by atoms with Crippen molar-refractivity contribution in [3.8, 4) is 0 Å². The van der Waals surface area contributed by atoms with Crippen LogP contribution < -0.4 is 0 Å². The minimum Gasteiger partial charge on any atom is -0.481 e. The van der Waals surface area contributed by atoms with E-state index in [9.17, 15) is 9.59 Å². The number of hydrogen-bond acceptors (Lipinski definition) is 3. The number of carbonyl (C=O) groups is 2. The Morgan fingerprint density at radius 1 is 1.20 bits per heavy atom. The van der Waals surface area contributed by atoms with Crippen molar-refractivity contribution < 1.29 is 19.8 Å². The average molecular weight is 217 g/mol. The van der Waals surface area contributed by atoms with Gasteiger partial charge in [0.15, 0.2) is 0 Å². The monoisotopic (exact) mass is 217 g/mol. The summed E-state index contributed by atoms with van der Waals surface area (Å²) in [6.45, 7) is 5.47. The van der Waals surface area contributed by atoms with Crippen LogP contribution in [0.3, 0.4) is 0 Å². The lowest BCUT2D eigenvalue weighted by Crippen LogP contribution is -2.42. The van der Waals surface area contributed by atoms with Crippen LogP contribution in [0.2, 0.25) is 0 Å². The molecule has 0 saturated carbocycles. The molecular formula is C10H19NO4. The van der Waals surface area contributed by atoms with Crippen LogP contribution in [0.25, 0.3) is 0 Å². The second kappa shape index (κ2) is 5.70. The summed E-state index contributed by atoms with van der Waals surface area (Å²) in [5.41, 5.74) is -0.548. The lowest BCUT2D eigenvalue weighted by Gasteiger charge is -2.28. The number of carboxylic acids is 1. The van der Waals surface area contributed by atoms with E-state index in [2.05, 4.69) is 0 Å². The largest absolute Gasteiger partial charge is 0.481 e.